The van der Waals surface area contributed by atoms with Gasteiger partial charge in [-0.25, -0.2) is 4.79 Å². The van der Waals surface area contributed by atoms with Crippen molar-refractivity contribution in [2.24, 2.45) is 0 Å². The minimum absolute atomic E-state index is 0.0546. The van der Waals surface area contributed by atoms with Crippen LogP contribution in [0.3, 0.4) is 0 Å². The van der Waals surface area contributed by atoms with Gasteiger partial charge in [-0.15, -0.1) is 11.8 Å². The van der Waals surface area contributed by atoms with E-state index in [9.17, 15) is 9.90 Å². The lowest BCUT2D eigenvalue weighted by atomic mass is 9.96. The predicted molar refractivity (Wildman–Crippen MR) is 89.9 cm³/mol. The number of aliphatic hydroxyl groups excluding tert-OH is 1. The number of hydrogen-bond donors (Lipinski definition) is 1. The third-order valence-corrected chi connectivity index (χ3v) is 4.50. The summed E-state index contributed by atoms with van der Waals surface area (Å²) in [6.07, 6.45) is 0.746. The highest BCUT2D eigenvalue weighted by atomic mass is 32.2. The summed E-state index contributed by atoms with van der Waals surface area (Å²) in [6.45, 7) is 9.28. The Labute approximate surface area is 135 Å². The van der Waals surface area contributed by atoms with Crippen LogP contribution in [-0.4, -0.2) is 22.9 Å². The van der Waals surface area contributed by atoms with Crippen LogP contribution in [0.4, 0.5) is 0 Å². The van der Waals surface area contributed by atoms with Crippen LogP contribution in [0.1, 0.15) is 19.8 Å². The van der Waals surface area contributed by atoms with Gasteiger partial charge >= 0.3 is 5.97 Å². The van der Waals surface area contributed by atoms with Crippen molar-refractivity contribution in [1.29, 1.82) is 0 Å². The third-order valence-electron chi connectivity index (χ3n) is 3.46. The maximum Gasteiger partial charge on any atom is 0.342 e. The molecule has 0 bridgehead atoms. The van der Waals surface area contributed by atoms with Crippen molar-refractivity contribution in [2.75, 3.05) is 5.75 Å². The molecule has 0 aliphatic carbocycles. The van der Waals surface area contributed by atoms with Gasteiger partial charge in [0.2, 0.25) is 0 Å². The molecule has 0 fully saturated rings. The van der Waals surface area contributed by atoms with Gasteiger partial charge in [-0.05, 0) is 31.1 Å². The molecule has 22 heavy (non-hydrogen) atoms. The van der Waals surface area contributed by atoms with Gasteiger partial charge in [0.25, 0.3) is 0 Å². The standard InChI is InChI=1S/C18H20O3S/c1-12(2)13(3)17-16(19)11-14(21-18(17)20)9-10-22-15-7-5-4-6-8-15/h4-8,14,19H,1,3,9-11H2,2H3. The highest BCUT2D eigenvalue weighted by Gasteiger charge is 2.30. The van der Waals surface area contributed by atoms with Gasteiger partial charge in [0, 0.05) is 17.1 Å². The van der Waals surface area contributed by atoms with Gasteiger partial charge in [-0.3, -0.25) is 0 Å². The summed E-state index contributed by atoms with van der Waals surface area (Å²) in [5.74, 6) is 0.372. The number of ether oxygens (including phenoxy) is 1. The number of esters is 1. The molecule has 1 aliphatic rings. The van der Waals surface area contributed by atoms with E-state index in [0.717, 1.165) is 5.75 Å². The van der Waals surface area contributed by atoms with E-state index in [1.54, 1.807) is 18.7 Å². The molecule has 0 saturated heterocycles. The first-order valence-corrected chi connectivity index (χ1v) is 8.13. The first kappa shape index (κ1) is 16.4. The maximum absolute atomic E-state index is 12.0. The molecular weight excluding hydrogens is 296 g/mol. The highest BCUT2D eigenvalue weighted by Crippen LogP contribution is 2.30. The van der Waals surface area contributed by atoms with Crippen LogP contribution in [0, 0.1) is 0 Å². The van der Waals surface area contributed by atoms with E-state index >= 15 is 0 Å². The molecule has 0 amide bonds. The number of carbonyl (C=O) groups excluding carboxylic acids is 1. The Bertz CT molecular complexity index is 616. The topological polar surface area (TPSA) is 46.5 Å². The van der Waals surface area contributed by atoms with Crippen molar-refractivity contribution in [2.45, 2.75) is 30.8 Å². The molecule has 1 aromatic carbocycles. The van der Waals surface area contributed by atoms with Gasteiger partial charge in [0.15, 0.2) is 0 Å². The second-order valence-corrected chi connectivity index (χ2v) is 6.43. The van der Waals surface area contributed by atoms with Crippen LogP contribution in [0.15, 0.2) is 70.9 Å². The van der Waals surface area contributed by atoms with Crippen LogP contribution in [0.2, 0.25) is 0 Å². The van der Waals surface area contributed by atoms with Gasteiger partial charge in [0.1, 0.15) is 17.4 Å². The second-order valence-electron chi connectivity index (χ2n) is 5.26. The molecule has 2 rings (SSSR count). The summed E-state index contributed by atoms with van der Waals surface area (Å²) in [5, 5.41) is 10.1. The van der Waals surface area contributed by atoms with E-state index in [2.05, 4.69) is 13.2 Å². The lowest BCUT2D eigenvalue weighted by Gasteiger charge is -2.25. The van der Waals surface area contributed by atoms with E-state index in [0.29, 0.717) is 24.0 Å². The Morgan fingerprint density at radius 3 is 2.64 bits per heavy atom. The minimum atomic E-state index is -0.508. The zero-order chi connectivity index (χ0) is 16.1. The minimum Gasteiger partial charge on any atom is -0.511 e. The molecule has 1 heterocycles. The smallest absolute Gasteiger partial charge is 0.342 e. The fourth-order valence-corrected chi connectivity index (χ4v) is 3.15. The number of carbonyl (C=O) groups is 1. The van der Waals surface area contributed by atoms with E-state index in [1.165, 1.54) is 4.90 Å². The largest absolute Gasteiger partial charge is 0.511 e. The molecule has 0 saturated carbocycles. The van der Waals surface area contributed by atoms with Crippen molar-refractivity contribution in [3.05, 3.63) is 66.0 Å². The Balaban J connectivity index is 1.92. The second kappa shape index (κ2) is 7.36. The molecule has 1 N–H and O–H groups in total. The molecule has 4 heteroatoms. The lowest BCUT2D eigenvalue weighted by molar-refractivity contribution is -0.146. The fraction of sp³-hybridized carbons (Fsp3) is 0.278. The fourth-order valence-electron chi connectivity index (χ4n) is 2.18. The number of cyclic esters (lactones) is 1. The first-order valence-electron chi connectivity index (χ1n) is 7.15. The summed E-state index contributed by atoms with van der Waals surface area (Å²) < 4.78 is 5.41. The van der Waals surface area contributed by atoms with Gasteiger partial charge < -0.3 is 9.84 Å². The monoisotopic (exact) mass is 316 g/mol. The molecule has 1 unspecified atom stereocenters. The number of benzene rings is 1. The summed E-state index contributed by atoms with van der Waals surface area (Å²) in [6, 6.07) is 10.1. The van der Waals surface area contributed by atoms with Gasteiger partial charge in [-0.2, -0.15) is 0 Å². The number of aliphatic hydroxyl groups is 1. The predicted octanol–water partition coefficient (Wildman–Crippen LogP) is 4.43. The van der Waals surface area contributed by atoms with Crippen LogP contribution in [-0.2, 0) is 9.53 Å². The highest BCUT2D eigenvalue weighted by molar-refractivity contribution is 7.99. The quantitative estimate of drug-likeness (QED) is 0.479. The Morgan fingerprint density at radius 1 is 1.36 bits per heavy atom. The van der Waals surface area contributed by atoms with Crippen LogP contribution in [0.5, 0.6) is 0 Å². The zero-order valence-corrected chi connectivity index (χ0v) is 13.5. The number of thioether (sulfide) groups is 1. The first-order chi connectivity index (χ1) is 10.5. The molecule has 1 aromatic rings. The van der Waals surface area contributed by atoms with Gasteiger partial charge in [-0.1, -0.05) is 36.9 Å². The van der Waals surface area contributed by atoms with Crippen LogP contribution in [0.25, 0.3) is 0 Å². The molecule has 1 atom stereocenters. The van der Waals surface area contributed by atoms with Crippen LogP contribution >= 0.6 is 11.8 Å². The van der Waals surface area contributed by atoms with Crippen molar-refractivity contribution in [1.82, 2.24) is 0 Å². The molecule has 0 spiro atoms. The van der Waals surface area contributed by atoms with Crippen molar-refractivity contribution >= 4 is 17.7 Å². The average molecular weight is 316 g/mol. The molecular formula is C18H20O3S. The van der Waals surface area contributed by atoms with Crippen LogP contribution < -0.4 is 0 Å². The van der Waals surface area contributed by atoms with Gasteiger partial charge in [0.05, 0.1) is 0 Å². The van der Waals surface area contributed by atoms with E-state index in [-0.39, 0.29) is 17.4 Å². The SMILES string of the molecule is C=C(C)C(=C)C1=C(O)CC(CCSc2ccccc2)OC1=O. The number of hydrogen-bond acceptors (Lipinski definition) is 4. The molecule has 0 radical (unpaired) electrons. The average Bonchev–Trinajstić information content (AvgIpc) is 2.47. The number of rotatable bonds is 6. The number of allylic oxidation sites excluding steroid dienone is 1. The molecule has 116 valence electrons. The Kier molecular flexibility index (Phi) is 5.50. The summed E-state index contributed by atoms with van der Waals surface area (Å²) in [5.41, 5.74) is 1.26. The summed E-state index contributed by atoms with van der Waals surface area (Å²) in [7, 11) is 0. The Hall–Kier alpha value is -1.94. The Morgan fingerprint density at radius 2 is 2.05 bits per heavy atom. The third kappa shape index (κ3) is 4.04. The lowest BCUT2D eigenvalue weighted by Crippen LogP contribution is -2.28. The molecule has 1 aliphatic heterocycles. The van der Waals surface area contributed by atoms with E-state index in [1.807, 2.05) is 30.3 Å². The van der Waals surface area contributed by atoms with Crippen molar-refractivity contribution in [3.63, 3.8) is 0 Å². The summed E-state index contributed by atoms with van der Waals surface area (Å²) in [4.78, 5) is 13.2. The molecule has 3 nitrogen and oxygen atoms in total. The summed E-state index contributed by atoms with van der Waals surface area (Å²) >= 11 is 1.71. The van der Waals surface area contributed by atoms with E-state index in [4.69, 9.17) is 4.74 Å². The molecule has 0 aromatic heterocycles. The zero-order valence-electron chi connectivity index (χ0n) is 12.7. The normalized spacial score (nSPS) is 18.0. The van der Waals surface area contributed by atoms with E-state index < -0.39 is 5.97 Å². The maximum atomic E-state index is 12.0. The van der Waals surface area contributed by atoms with Crippen molar-refractivity contribution in [3.8, 4) is 0 Å². The van der Waals surface area contributed by atoms with Crippen molar-refractivity contribution < 1.29 is 14.6 Å².